The van der Waals surface area contributed by atoms with Crippen molar-refractivity contribution in [3.8, 4) is 0 Å². The first-order chi connectivity index (χ1) is 9.97. The number of carbonyl (C=O) groups excluding carboxylic acids is 2. The molecule has 1 heterocycles. The molecule has 1 aromatic carbocycles. The van der Waals surface area contributed by atoms with Gasteiger partial charge in [-0.2, -0.15) is 0 Å². The molecule has 2 rings (SSSR count). The number of rotatable bonds is 4. The van der Waals surface area contributed by atoms with Gasteiger partial charge in [0.25, 0.3) is 5.91 Å². The zero-order chi connectivity index (χ0) is 15.4. The van der Waals surface area contributed by atoms with Crippen LogP contribution in [0.5, 0.6) is 0 Å². The Morgan fingerprint density at radius 3 is 2.68 bits per heavy atom. The Labute approximate surface area is 137 Å². The summed E-state index contributed by atoms with van der Waals surface area (Å²) in [5, 5.41) is 6.23. The van der Waals surface area contributed by atoms with Crippen LogP contribution in [0.1, 0.15) is 35.2 Å². The summed E-state index contributed by atoms with van der Waals surface area (Å²) in [6.45, 7) is 2.91. The molecule has 2 N–H and O–H groups in total. The second-order valence-corrected chi connectivity index (χ2v) is 5.77. The first-order valence-electron chi connectivity index (χ1n) is 7.33. The highest BCUT2D eigenvalue weighted by Gasteiger charge is 2.18. The van der Waals surface area contributed by atoms with Crippen LogP contribution in [-0.2, 0) is 4.79 Å². The van der Waals surface area contributed by atoms with E-state index in [9.17, 15) is 9.59 Å². The molecule has 22 heavy (non-hydrogen) atoms. The standard InChI is InChI=1S/C16H23N3O2.ClH/c1-11-6-7-12(16(21)19(2)3)9-14(11)18-15(20)10-13-5-4-8-17-13;/h6-7,9,13,17H,4-5,8,10H2,1-3H3,(H,18,20);1H. The minimum Gasteiger partial charge on any atom is -0.345 e. The topological polar surface area (TPSA) is 61.4 Å². The van der Waals surface area contributed by atoms with E-state index in [0.717, 1.165) is 24.9 Å². The van der Waals surface area contributed by atoms with Crippen molar-refractivity contribution in [1.29, 1.82) is 0 Å². The van der Waals surface area contributed by atoms with E-state index in [1.54, 1.807) is 26.2 Å². The molecule has 0 aliphatic carbocycles. The van der Waals surface area contributed by atoms with Crippen LogP contribution in [0.4, 0.5) is 5.69 Å². The van der Waals surface area contributed by atoms with Gasteiger partial charge in [-0.05, 0) is 44.0 Å². The van der Waals surface area contributed by atoms with Crippen molar-refractivity contribution in [2.45, 2.75) is 32.2 Å². The number of aryl methyl sites for hydroxylation is 1. The highest BCUT2D eigenvalue weighted by atomic mass is 35.5. The van der Waals surface area contributed by atoms with Crippen LogP contribution in [0.3, 0.4) is 0 Å². The van der Waals surface area contributed by atoms with E-state index in [0.29, 0.717) is 17.7 Å². The average Bonchev–Trinajstić information content (AvgIpc) is 2.93. The first kappa shape index (κ1) is 18.5. The summed E-state index contributed by atoms with van der Waals surface area (Å²) in [6.07, 6.45) is 2.65. The molecule has 1 aliphatic rings. The molecule has 5 nitrogen and oxygen atoms in total. The van der Waals surface area contributed by atoms with Gasteiger partial charge in [-0.25, -0.2) is 0 Å². The molecule has 1 atom stereocenters. The molecule has 0 spiro atoms. The van der Waals surface area contributed by atoms with Crippen molar-refractivity contribution < 1.29 is 9.59 Å². The van der Waals surface area contributed by atoms with Gasteiger partial charge in [0.2, 0.25) is 5.91 Å². The van der Waals surface area contributed by atoms with Crippen LogP contribution in [0.2, 0.25) is 0 Å². The fraction of sp³-hybridized carbons (Fsp3) is 0.500. The average molecular weight is 326 g/mol. The third-order valence-corrected chi connectivity index (χ3v) is 3.76. The van der Waals surface area contributed by atoms with E-state index in [1.165, 1.54) is 4.90 Å². The zero-order valence-corrected chi connectivity index (χ0v) is 14.1. The minimum absolute atomic E-state index is 0. The number of hydrogen-bond acceptors (Lipinski definition) is 3. The lowest BCUT2D eigenvalue weighted by Crippen LogP contribution is -2.27. The van der Waals surface area contributed by atoms with Gasteiger partial charge in [0, 0.05) is 37.8 Å². The normalized spacial score (nSPS) is 16.8. The predicted octanol–water partition coefficient (Wildman–Crippen LogP) is 2.20. The van der Waals surface area contributed by atoms with Gasteiger partial charge in [-0.15, -0.1) is 12.4 Å². The van der Waals surface area contributed by atoms with Crippen LogP contribution in [0.15, 0.2) is 18.2 Å². The van der Waals surface area contributed by atoms with E-state index in [4.69, 9.17) is 0 Å². The number of halogens is 1. The van der Waals surface area contributed by atoms with Crippen molar-refractivity contribution >= 4 is 29.9 Å². The fourth-order valence-electron chi connectivity index (χ4n) is 2.50. The Hall–Kier alpha value is -1.59. The van der Waals surface area contributed by atoms with Gasteiger partial charge in [0.1, 0.15) is 0 Å². The summed E-state index contributed by atoms with van der Waals surface area (Å²) in [4.78, 5) is 25.6. The molecule has 1 aliphatic heterocycles. The maximum absolute atomic E-state index is 12.1. The number of anilines is 1. The van der Waals surface area contributed by atoms with Crippen molar-refractivity contribution in [3.63, 3.8) is 0 Å². The van der Waals surface area contributed by atoms with E-state index in [2.05, 4.69) is 10.6 Å². The molecule has 1 aromatic rings. The smallest absolute Gasteiger partial charge is 0.253 e. The van der Waals surface area contributed by atoms with Crippen molar-refractivity contribution in [3.05, 3.63) is 29.3 Å². The number of benzene rings is 1. The molecule has 2 amide bonds. The van der Waals surface area contributed by atoms with Crippen LogP contribution in [0.25, 0.3) is 0 Å². The van der Waals surface area contributed by atoms with Crippen molar-refractivity contribution in [1.82, 2.24) is 10.2 Å². The summed E-state index contributed by atoms with van der Waals surface area (Å²) in [5.74, 6) is -0.0742. The molecule has 1 unspecified atom stereocenters. The molecule has 0 bridgehead atoms. The predicted molar refractivity (Wildman–Crippen MR) is 90.7 cm³/mol. The lowest BCUT2D eigenvalue weighted by Gasteiger charge is -2.15. The minimum atomic E-state index is -0.0667. The van der Waals surface area contributed by atoms with Crippen LogP contribution in [-0.4, -0.2) is 43.4 Å². The quantitative estimate of drug-likeness (QED) is 0.892. The lowest BCUT2D eigenvalue weighted by molar-refractivity contribution is -0.116. The second-order valence-electron chi connectivity index (χ2n) is 5.77. The molecule has 0 aromatic heterocycles. The van der Waals surface area contributed by atoms with Gasteiger partial charge in [-0.1, -0.05) is 6.07 Å². The molecular formula is C16H24ClN3O2. The Bertz CT molecular complexity index is 540. The highest BCUT2D eigenvalue weighted by Crippen LogP contribution is 2.19. The van der Waals surface area contributed by atoms with Crippen molar-refractivity contribution in [2.24, 2.45) is 0 Å². The molecule has 0 saturated carbocycles. The summed E-state index contributed by atoms with van der Waals surface area (Å²) >= 11 is 0. The number of hydrogen-bond donors (Lipinski definition) is 2. The van der Waals surface area contributed by atoms with Crippen molar-refractivity contribution in [2.75, 3.05) is 26.0 Å². The fourth-order valence-corrected chi connectivity index (χ4v) is 2.50. The number of nitrogens with zero attached hydrogens (tertiary/aromatic N) is 1. The van der Waals surface area contributed by atoms with Crippen LogP contribution in [0, 0.1) is 6.92 Å². The Balaban J connectivity index is 0.00000242. The third-order valence-electron chi connectivity index (χ3n) is 3.76. The van der Waals surface area contributed by atoms with E-state index in [-0.39, 0.29) is 30.3 Å². The highest BCUT2D eigenvalue weighted by molar-refractivity contribution is 5.97. The van der Waals surface area contributed by atoms with E-state index >= 15 is 0 Å². The maximum Gasteiger partial charge on any atom is 0.253 e. The monoisotopic (exact) mass is 325 g/mol. The molecule has 1 fully saturated rings. The molecular weight excluding hydrogens is 302 g/mol. The van der Waals surface area contributed by atoms with Gasteiger partial charge in [0.05, 0.1) is 0 Å². The van der Waals surface area contributed by atoms with E-state index in [1.807, 2.05) is 13.0 Å². The Kier molecular flexibility index (Phi) is 6.84. The summed E-state index contributed by atoms with van der Waals surface area (Å²) in [5.41, 5.74) is 2.25. The third kappa shape index (κ3) is 4.71. The molecule has 6 heteroatoms. The zero-order valence-electron chi connectivity index (χ0n) is 13.3. The SMILES string of the molecule is Cc1ccc(C(=O)N(C)C)cc1NC(=O)CC1CCCN1.Cl. The summed E-state index contributed by atoms with van der Waals surface area (Å²) in [6, 6.07) is 5.67. The van der Waals surface area contributed by atoms with Gasteiger partial charge < -0.3 is 15.5 Å². The Morgan fingerprint density at radius 2 is 2.09 bits per heavy atom. The second kappa shape index (κ2) is 8.15. The Morgan fingerprint density at radius 1 is 1.36 bits per heavy atom. The number of nitrogens with one attached hydrogen (secondary N) is 2. The maximum atomic E-state index is 12.1. The van der Waals surface area contributed by atoms with Crippen LogP contribution < -0.4 is 10.6 Å². The van der Waals surface area contributed by atoms with Crippen LogP contribution >= 0.6 is 12.4 Å². The first-order valence-corrected chi connectivity index (χ1v) is 7.33. The summed E-state index contributed by atoms with van der Waals surface area (Å²) < 4.78 is 0. The summed E-state index contributed by atoms with van der Waals surface area (Å²) in [7, 11) is 3.43. The largest absolute Gasteiger partial charge is 0.345 e. The van der Waals surface area contributed by atoms with Gasteiger partial charge in [-0.3, -0.25) is 9.59 Å². The van der Waals surface area contributed by atoms with Gasteiger partial charge >= 0.3 is 0 Å². The van der Waals surface area contributed by atoms with E-state index < -0.39 is 0 Å². The molecule has 1 saturated heterocycles. The molecule has 0 radical (unpaired) electrons. The number of carbonyl (C=O) groups is 2. The lowest BCUT2D eigenvalue weighted by atomic mass is 10.1. The van der Waals surface area contributed by atoms with Gasteiger partial charge in [0.15, 0.2) is 0 Å². The molecule has 122 valence electrons. The number of amides is 2.